The van der Waals surface area contributed by atoms with Gasteiger partial charge < -0.3 is 0 Å². The quantitative estimate of drug-likeness (QED) is 0.367. The van der Waals surface area contributed by atoms with Crippen LogP contribution in [0, 0.1) is 16.0 Å². The predicted molar refractivity (Wildman–Crippen MR) is 113 cm³/mol. The Morgan fingerprint density at radius 2 is 1.93 bits per heavy atom. The summed E-state index contributed by atoms with van der Waals surface area (Å²) in [6.07, 6.45) is 3.63. The topological polar surface area (TPSA) is 133 Å². The van der Waals surface area contributed by atoms with E-state index in [0.29, 0.717) is 5.52 Å². The molecule has 0 radical (unpaired) electrons. The lowest BCUT2D eigenvalue weighted by Gasteiger charge is -2.33. The minimum atomic E-state index is -4.40. The fraction of sp³-hybridized carbons (Fsp3) is 0.100. The number of hydrogen-bond donors (Lipinski definition) is 1. The minimum Gasteiger partial charge on any atom is -0.293 e. The highest BCUT2D eigenvalue weighted by Gasteiger charge is 2.58. The van der Waals surface area contributed by atoms with Crippen LogP contribution in [-0.2, 0) is 15.6 Å². The average molecular weight is 441 g/mol. The molecule has 2 unspecified atom stereocenters. The second kappa shape index (κ2) is 7.24. The van der Waals surface area contributed by atoms with E-state index in [1.807, 2.05) is 0 Å². The van der Waals surface area contributed by atoms with Gasteiger partial charge >= 0.3 is 0 Å². The molecule has 10 heteroatoms. The molecular formula is C20H15N3O5S2. The maximum Gasteiger partial charge on any atom is 0.280 e. The summed E-state index contributed by atoms with van der Waals surface area (Å²) >= 11 is 1.37. The smallest absolute Gasteiger partial charge is 0.280 e. The van der Waals surface area contributed by atoms with Crippen molar-refractivity contribution in [2.45, 2.75) is 5.54 Å². The van der Waals surface area contributed by atoms with Crippen LogP contribution >= 0.6 is 11.3 Å². The number of thiazole rings is 1. The zero-order chi connectivity index (χ0) is 21.5. The number of aromatic nitrogens is 1. The van der Waals surface area contributed by atoms with Gasteiger partial charge in [0.05, 0.1) is 20.6 Å². The van der Waals surface area contributed by atoms with Gasteiger partial charge in [-0.2, -0.15) is 0 Å². The number of primary sulfonamides is 1. The molecule has 2 N–H and O–H groups in total. The van der Waals surface area contributed by atoms with E-state index in [9.17, 15) is 23.3 Å². The van der Waals surface area contributed by atoms with Crippen molar-refractivity contribution >= 4 is 37.4 Å². The van der Waals surface area contributed by atoms with Gasteiger partial charge in [0.25, 0.3) is 5.54 Å². The zero-order valence-corrected chi connectivity index (χ0v) is 17.0. The van der Waals surface area contributed by atoms with Crippen LogP contribution in [0.25, 0.3) is 10.2 Å². The fourth-order valence-electron chi connectivity index (χ4n) is 3.70. The molecule has 4 rings (SSSR count). The molecule has 0 saturated carbocycles. The van der Waals surface area contributed by atoms with E-state index in [1.165, 1.54) is 47.8 Å². The molecule has 30 heavy (non-hydrogen) atoms. The van der Waals surface area contributed by atoms with Crippen molar-refractivity contribution in [3.05, 3.63) is 98.4 Å². The Balaban J connectivity index is 2.01. The van der Waals surface area contributed by atoms with Gasteiger partial charge in [0.2, 0.25) is 10.0 Å². The third-order valence-corrected chi connectivity index (χ3v) is 6.92. The Kier molecular flexibility index (Phi) is 4.85. The molecule has 1 heterocycles. The second-order valence-electron chi connectivity index (χ2n) is 6.75. The summed E-state index contributed by atoms with van der Waals surface area (Å²) in [7, 11) is -4.40. The highest BCUT2D eigenvalue weighted by Crippen LogP contribution is 2.45. The Hall–Kier alpha value is -3.21. The SMILES string of the molecule is NS(=O)(=O)C1=CC=CC(c2ccc3scnc3c2)([N+](=O)[O-])C1C(=O)c1ccccc1. The lowest BCUT2D eigenvalue weighted by atomic mass is 9.72. The van der Waals surface area contributed by atoms with Gasteiger partial charge in [-0.05, 0) is 30.4 Å². The first-order valence-electron chi connectivity index (χ1n) is 8.75. The van der Waals surface area contributed by atoms with Gasteiger partial charge in [-0.25, -0.2) is 18.5 Å². The lowest BCUT2D eigenvalue weighted by Crippen LogP contribution is -2.49. The number of benzene rings is 2. The van der Waals surface area contributed by atoms with Crippen LogP contribution in [0.15, 0.2) is 77.2 Å². The van der Waals surface area contributed by atoms with Gasteiger partial charge in [0, 0.05) is 16.1 Å². The molecule has 0 fully saturated rings. The number of carbonyl (C=O) groups is 1. The number of nitro groups is 1. The summed E-state index contributed by atoms with van der Waals surface area (Å²) in [5.74, 6) is -2.39. The summed E-state index contributed by atoms with van der Waals surface area (Å²) in [6, 6.07) is 12.5. The van der Waals surface area contributed by atoms with Crippen LogP contribution in [0.1, 0.15) is 15.9 Å². The lowest BCUT2D eigenvalue weighted by molar-refractivity contribution is -0.569. The molecule has 0 amide bonds. The molecule has 0 spiro atoms. The van der Waals surface area contributed by atoms with Crippen LogP contribution < -0.4 is 5.14 Å². The first-order valence-corrected chi connectivity index (χ1v) is 11.2. The maximum absolute atomic E-state index is 13.5. The minimum absolute atomic E-state index is 0.144. The van der Waals surface area contributed by atoms with Crippen LogP contribution in [0.5, 0.6) is 0 Å². The van der Waals surface area contributed by atoms with Crippen molar-refractivity contribution in [1.82, 2.24) is 4.98 Å². The van der Waals surface area contributed by atoms with Crippen molar-refractivity contribution in [3.63, 3.8) is 0 Å². The molecule has 2 atom stereocenters. The van der Waals surface area contributed by atoms with Gasteiger partial charge in [-0.3, -0.25) is 14.9 Å². The number of fused-ring (bicyclic) bond motifs is 1. The molecule has 0 aliphatic heterocycles. The third kappa shape index (κ3) is 3.15. The molecule has 1 aromatic heterocycles. The summed E-state index contributed by atoms with van der Waals surface area (Å²) in [5, 5.41) is 17.9. The number of hydrogen-bond acceptors (Lipinski definition) is 7. The molecule has 1 aliphatic rings. The number of nitrogens with two attached hydrogens (primary N) is 1. The number of sulfonamides is 1. The van der Waals surface area contributed by atoms with Gasteiger partial charge in [-0.1, -0.05) is 36.4 Å². The van der Waals surface area contributed by atoms with Crippen molar-refractivity contribution in [2.24, 2.45) is 11.1 Å². The van der Waals surface area contributed by atoms with Gasteiger partial charge in [0.15, 0.2) is 5.78 Å². The number of nitrogens with zero attached hydrogens (tertiary/aromatic N) is 2. The molecule has 0 saturated heterocycles. The number of ketones is 1. The summed E-state index contributed by atoms with van der Waals surface area (Å²) in [6.45, 7) is 0. The van der Waals surface area contributed by atoms with Crippen LogP contribution in [0.2, 0.25) is 0 Å². The van der Waals surface area contributed by atoms with Crippen molar-refractivity contribution in [3.8, 4) is 0 Å². The monoisotopic (exact) mass is 441 g/mol. The number of rotatable bonds is 5. The molecule has 152 valence electrons. The van der Waals surface area contributed by atoms with E-state index in [0.717, 1.165) is 10.8 Å². The maximum atomic E-state index is 13.5. The third-order valence-electron chi connectivity index (χ3n) is 5.08. The van der Waals surface area contributed by atoms with Gasteiger partial charge in [0.1, 0.15) is 5.92 Å². The van der Waals surface area contributed by atoms with Crippen molar-refractivity contribution < 1.29 is 18.1 Å². The molecule has 1 aliphatic carbocycles. The van der Waals surface area contributed by atoms with Crippen molar-refractivity contribution in [1.29, 1.82) is 0 Å². The van der Waals surface area contributed by atoms with E-state index in [2.05, 4.69) is 4.98 Å². The standard InChI is InChI=1S/C20H15N3O5S2/c21-30(27,28)17-7-4-10-20(23(25)26,14-8-9-16-15(11-14)22-12-29-16)18(17)19(24)13-5-2-1-3-6-13/h1-12,18H,(H2,21,27,28). The van der Waals surface area contributed by atoms with E-state index < -0.39 is 37.1 Å². The molecule has 2 aromatic carbocycles. The Morgan fingerprint density at radius 1 is 1.20 bits per heavy atom. The summed E-state index contributed by atoms with van der Waals surface area (Å²) in [4.78, 5) is 29.0. The number of allylic oxidation sites excluding steroid dienone is 2. The van der Waals surface area contributed by atoms with E-state index in [-0.39, 0.29) is 11.1 Å². The summed E-state index contributed by atoms with van der Waals surface area (Å²) in [5.41, 5.74) is 0.247. The second-order valence-corrected chi connectivity index (χ2v) is 9.20. The summed E-state index contributed by atoms with van der Waals surface area (Å²) < 4.78 is 25.5. The molecular weight excluding hydrogens is 426 g/mol. The van der Waals surface area contributed by atoms with E-state index in [1.54, 1.807) is 29.8 Å². The number of carbonyl (C=O) groups excluding carboxylic acids is 1. The Labute approximate surface area is 175 Å². The predicted octanol–water partition coefficient (Wildman–Crippen LogP) is 3.01. The van der Waals surface area contributed by atoms with Crippen LogP contribution in [0.3, 0.4) is 0 Å². The van der Waals surface area contributed by atoms with Crippen LogP contribution in [-0.4, -0.2) is 24.1 Å². The van der Waals surface area contributed by atoms with Crippen molar-refractivity contribution in [2.75, 3.05) is 0 Å². The normalized spacial score (nSPS) is 21.4. The van der Waals surface area contributed by atoms with E-state index in [4.69, 9.17) is 5.14 Å². The molecule has 0 bridgehead atoms. The van der Waals surface area contributed by atoms with Crippen LogP contribution in [0.4, 0.5) is 0 Å². The zero-order valence-electron chi connectivity index (χ0n) is 15.3. The first-order chi connectivity index (χ1) is 14.2. The highest BCUT2D eigenvalue weighted by molar-refractivity contribution is 7.93. The Bertz CT molecular complexity index is 1330. The molecule has 3 aromatic rings. The largest absolute Gasteiger partial charge is 0.293 e. The first kappa shape index (κ1) is 20.1. The van der Waals surface area contributed by atoms with E-state index >= 15 is 0 Å². The highest BCUT2D eigenvalue weighted by atomic mass is 32.2. The number of Topliss-reactive ketones (excluding diaryl/α,β-unsaturated/α-hetero) is 1. The molecule has 8 nitrogen and oxygen atoms in total. The van der Waals surface area contributed by atoms with Gasteiger partial charge in [-0.15, -0.1) is 11.3 Å². The fourth-order valence-corrected chi connectivity index (χ4v) is 5.24. The Morgan fingerprint density at radius 3 is 2.60 bits per heavy atom. The average Bonchev–Trinajstić information content (AvgIpc) is 3.20.